The Hall–Kier alpha value is -2.67. The number of urea groups is 1. The minimum atomic E-state index is -0.455. The van der Waals surface area contributed by atoms with Crippen LogP contribution in [0.2, 0.25) is 0 Å². The first-order valence-electron chi connectivity index (χ1n) is 9.65. The second kappa shape index (κ2) is 8.56. The highest BCUT2D eigenvalue weighted by atomic mass is 19.1. The van der Waals surface area contributed by atoms with E-state index in [1.54, 1.807) is 29.3 Å². The second-order valence-corrected chi connectivity index (χ2v) is 7.24. The largest absolute Gasteiger partial charge is 0.477 e. The molecule has 2 aliphatic rings. The Labute approximate surface area is 163 Å². The predicted octanol–water partition coefficient (Wildman–Crippen LogP) is 3.29. The number of benzene rings is 1. The van der Waals surface area contributed by atoms with Crippen molar-refractivity contribution in [3.05, 3.63) is 59.5 Å². The van der Waals surface area contributed by atoms with Gasteiger partial charge >= 0.3 is 6.03 Å². The quantitative estimate of drug-likeness (QED) is 0.829. The molecule has 2 amide bonds. The van der Waals surface area contributed by atoms with Crippen LogP contribution in [0.25, 0.3) is 0 Å². The van der Waals surface area contributed by atoms with Crippen molar-refractivity contribution in [1.82, 2.24) is 15.2 Å². The first-order chi connectivity index (χ1) is 13.7. The van der Waals surface area contributed by atoms with E-state index in [1.807, 2.05) is 12.1 Å². The number of hydrogen-bond acceptors (Lipinski definition) is 4. The van der Waals surface area contributed by atoms with Crippen molar-refractivity contribution < 1.29 is 18.7 Å². The maximum atomic E-state index is 14.0. The van der Waals surface area contributed by atoms with Gasteiger partial charge < -0.3 is 19.7 Å². The second-order valence-electron chi connectivity index (χ2n) is 7.24. The summed E-state index contributed by atoms with van der Waals surface area (Å²) in [7, 11) is 0. The summed E-state index contributed by atoms with van der Waals surface area (Å²) in [6.45, 7) is 2.25. The summed E-state index contributed by atoms with van der Waals surface area (Å²) in [4.78, 5) is 18.4. The summed E-state index contributed by atoms with van der Waals surface area (Å²) >= 11 is 0. The molecule has 0 bridgehead atoms. The van der Waals surface area contributed by atoms with Crippen molar-refractivity contribution in [2.75, 3.05) is 26.3 Å². The van der Waals surface area contributed by atoms with E-state index in [2.05, 4.69) is 10.3 Å². The Morgan fingerprint density at radius 1 is 1.32 bits per heavy atom. The lowest BCUT2D eigenvalue weighted by molar-refractivity contribution is -0.0171. The van der Waals surface area contributed by atoms with Crippen LogP contribution in [0.1, 0.15) is 30.1 Å². The van der Waals surface area contributed by atoms with Gasteiger partial charge in [0.2, 0.25) is 5.88 Å². The first-order valence-corrected chi connectivity index (χ1v) is 9.65. The van der Waals surface area contributed by atoms with E-state index in [9.17, 15) is 9.18 Å². The summed E-state index contributed by atoms with van der Waals surface area (Å²) in [5.74, 6) is 0.934. The van der Waals surface area contributed by atoms with E-state index in [-0.39, 0.29) is 11.8 Å². The minimum Gasteiger partial charge on any atom is -0.477 e. The van der Waals surface area contributed by atoms with Crippen LogP contribution < -0.4 is 10.1 Å². The van der Waals surface area contributed by atoms with Gasteiger partial charge in [0.15, 0.2) is 0 Å². The Kier molecular flexibility index (Phi) is 5.71. The van der Waals surface area contributed by atoms with E-state index in [0.717, 1.165) is 5.56 Å². The van der Waals surface area contributed by atoms with Crippen LogP contribution in [0, 0.1) is 11.7 Å². The number of ether oxygens (including phenoxy) is 2. The molecule has 1 aliphatic heterocycles. The molecule has 1 aliphatic carbocycles. The summed E-state index contributed by atoms with van der Waals surface area (Å²) in [6.07, 6.45) is 3.68. The molecule has 1 unspecified atom stereocenters. The molecule has 1 saturated carbocycles. The molecule has 0 spiro atoms. The Morgan fingerprint density at radius 3 is 3.00 bits per heavy atom. The summed E-state index contributed by atoms with van der Waals surface area (Å²) < 4.78 is 25.4. The van der Waals surface area contributed by atoms with Gasteiger partial charge in [0, 0.05) is 30.9 Å². The third-order valence-corrected chi connectivity index (χ3v) is 5.01. The van der Waals surface area contributed by atoms with E-state index in [1.165, 1.54) is 18.9 Å². The molecule has 1 atom stereocenters. The van der Waals surface area contributed by atoms with Crippen LogP contribution in [0.3, 0.4) is 0 Å². The predicted molar refractivity (Wildman–Crippen MR) is 101 cm³/mol. The number of pyridine rings is 1. The zero-order valence-corrected chi connectivity index (χ0v) is 15.6. The number of morpholine rings is 1. The number of nitrogens with one attached hydrogen (secondary N) is 1. The molecule has 1 aromatic carbocycles. The maximum absolute atomic E-state index is 14.0. The van der Waals surface area contributed by atoms with Crippen molar-refractivity contribution in [3.63, 3.8) is 0 Å². The van der Waals surface area contributed by atoms with Gasteiger partial charge in [0.05, 0.1) is 19.8 Å². The number of hydrogen-bond donors (Lipinski definition) is 1. The van der Waals surface area contributed by atoms with Crippen LogP contribution in [0.4, 0.5) is 9.18 Å². The molecule has 4 rings (SSSR count). The van der Waals surface area contributed by atoms with E-state index in [4.69, 9.17) is 9.47 Å². The fourth-order valence-electron chi connectivity index (χ4n) is 3.17. The molecule has 2 fully saturated rings. The van der Waals surface area contributed by atoms with Crippen LogP contribution in [-0.2, 0) is 11.3 Å². The van der Waals surface area contributed by atoms with E-state index >= 15 is 0 Å². The van der Waals surface area contributed by atoms with Gasteiger partial charge in [-0.15, -0.1) is 0 Å². The first kappa shape index (κ1) is 18.7. The van der Waals surface area contributed by atoms with Crippen LogP contribution in [0.5, 0.6) is 5.88 Å². The number of amides is 2. The number of carbonyl (C=O) groups excluding carboxylic acids is 1. The smallest absolute Gasteiger partial charge is 0.317 e. The average molecular weight is 385 g/mol. The molecular weight excluding hydrogens is 361 g/mol. The number of aromatic nitrogens is 1. The van der Waals surface area contributed by atoms with Gasteiger partial charge in [-0.05, 0) is 36.5 Å². The number of rotatable bonds is 6. The highest BCUT2D eigenvalue weighted by Gasteiger charge is 2.27. The van der Waals surface area contributed by atoms with E-state index < -0.39 is 6.10 Å². The summed E-state index contributed by atoms with van der Waals surface area (Å²) in [6, 6.07) is 10.0. The lowest BCUT2D eigenvalue weighted by Gasteiger charge is -2.33. The highest BCUT2D eigenvalue weighted by Crippen LogP contribution is 2.29. The van der Waals surface area contributed by atoms with Crippen LogP contribution in [0.15, 0.2) is 42.6 Å². The number of nitrogens with zero attached hydrogens (tertiary/aromatic N) is 2. The molecule has 2 aromatic rings. The molecule has 6 nitrogen and oxygen atoms in total. The van der Waals surface area contributed by atoms with Gasteiger partial charge in [0.25, 0.3) is 0 Å². The molecule has 1 saturated heterocycles. The average Bonchev–Trinajstić information content (AvgIpc) is 3.56. The fourth-order valence-corrected chi connectivity index (χ4v) is 3.17. The summed E-state index contributed by atoms with van der Waals surface area (Å²) in [5.41, 5.74) is 1.40. The Morgan fingerprint density at radius 2 is 2.18 bits per heavy atom. The monoisotopic (exact) mass is 385 g/mol. The van der Waals surface area contributed by atoms with Gasteiger partial charge in [-0.1, -0.05) is 18.2 Å². The van der Waals surface area contributed by atoms with E-state index in [0.29, 0.717) is 50.2 Å². The Balaban J connectivity index is 1.31. The minimum absolute atomic E-state index is 0.193. The lowest BCUT2D eigenvalue weighted by atomic mass is 10.1. The molecular formula is C21H24FN3O3. The van der Waals surface area contributed by atoms with Crippen LogP contribution >= 0.6 is 0 Å². The van der Waals surface area contributed by atoms with Gasteiger partial charge in [-0.3, -0.25) is 0 Å². The van der Waals surface area contributed by atoms with Crippen molar-refractivity contribution in [2.24, 2.45) is 5.92 Å². The topological polar surface area (TPSA) is 63.7 Å². The fraction of sp³-hybridized carbons (Fsp3) is 0.429. The third-order valence-electron chi connectivity index (χ3n) is 5.01. The molecule has 1 aromatic heterocycles. The van der Waals surface area contributed by atoms with Crippen molar-refractivity contribution in [2.45, 2.75) is 25.5 Å². The van der Waals surface area contributed by atoms with Gasteiger partial charge in [-0.2, -0.15) is 0 Å². The number of halogens is 1. The Bertz CT molecular complexity index is 828. The van der Waals surface area contributed by atoms with Crippen molar-refractivity contribution in [1.29, 1.82) is 0 Å². The third kappa shape index (κ3) is 4.78. The molecule has 2 heterocycles. The van der Waals surface area contributed by atoms with Gasteiger partial charge in [0.1, 0.15) is 11.9 Å². The zero-order chi connectivity index (χ0) is 19.3. The SMILES string of the molecule is O=C(NCc1ccnc(OCC2CC2)c1)N1CCOC(c2ccccc2F)C1. The maximum Gasteiger partial charge on any atom is 0.317 e. The van der Waals surface area contributed by atoms with Gasteiger partial charge in [-0.25, -0.2) is 14.2 Å². The molecule has 0 radical (unpaired) electrons. The lowest BCUT2D eigenvalue weighted by Crippen LogP contribution is -2.47. The molecule has 1 N–H and O–H groups in total. The van der Waals surface area contributed by atoms with Crippen molar-refractivity contribution >= 4 is 6.03 Å². The summed E-state index contributed by atoms with van der Waals surface area (Å²) in [5, 5.41) is 2.91. The molecule has 148 valence electrons. The molecule has 28 heavy (non-hydrogen) atoms. The van der Waals surface area contributed by atoms with Crippen LogP contribution in [-0.4, -0.2) is 42.2 Å². The zero-order valence-electron chi connectivity index (χ0n) is 15.6. The standard InChI is InChI=1S/C21H24FN3O3/c22-18-4-2-1-3-17(18)19-13-25(9-10-27-19)21(26)24-12-16-7-8-23-20(11-16)28-14-15-5-6-15/h1-4,7-8,11,15,19H,5-6,9-10,12-14H2,(H,24,26). The normalized spacial score (nSPS) is 19.3. The molecule has 7 heteroatoms. The highest BCUT2D eigenvalue weighted by molar-refractivity contribution is 5.74. The number of carbonyl (C=O) groups is 1. The van der Waals surface area contributed by atoms with Crippen molar-refractivity contribution in [3.8, 4) is 5.88 Å².